The number of pyridine rings is 2. The third-order valence-corrected chi connectivity index (χ3v) is 4.34. The van der Waals surface area contributed by atoms with Crippen molar-refractivity contribution in [2.45, 2.75) is 18.6 Å². The molecule has 8 heteroatoms. The minimum atomic E-state index is -0.776. The van der Waals surface area contributed by atoms with Crippen molar-refractivity contribution in [3.63, 3.8) is 0 Å². The molecule has 0 aliphatic carbocycles. The molecule has 1 saturated heterocycles. The van der Waals surface area contributed by atoms with Gasteiger partial charge in [0.15, 0.2) is 0 Å². The number of ether oxygens (including phenoxy) is 1. The lowest BCUT2D eigenvalue weighted by molar-refractivity contribution is 0.0794. The molecule has 2 atom stereocenters. The Bertz CT molecular complexity index is 821. The summed E-state index contributed by atoms with van der Waals surface area (Å²) in [6.07, 6.45) is 2.88. The fourth-order valence-electron chi connectivity index (χ4n) is 3.01. The number of methoxy groups -OCH3 is 1. The minimum absolute atomic E-state index is 0.255. The Hall–Kier alpha value is -3.18. The molecule has 0 bridgehead atoms. The van der Waals surface area contributed by atoms with E-state index in [4.69, 9.17) is 4.74 Å². The van der Waals surface area contributed by atoms with Gasteiger partial charge < -0.3 is 20.1 Å². The first-order chi connectivity index (χ1) is 12.6. The van der Waals surface area contributed by atoms with Gasteiger partial charge in [0, 0.05) is 25.5 Å². The SMILES string of the molecule is COc1nccc(N2CC[C@H](NC(=O)c3ccccn3)[C@@H](O)C2)c1C#N. The molecule has 8 nitrogen and oxygen atoms in total. The Morgan fingerprint density at radius 1 is 1.38 bits per heavy atom. The highest BCUT2D eigenvalue weighted by Crippen LogP contribution is 2.28. The number of amides is 1. The van der Waals surface area contributed by atoms with E-state index in [1.165, 1.54) is 7.11 Å². The molecule has 1 aliphatic heterocycles. The summed E-state index contributed by atoms with van der Waals surface area (Å²) in [7, 11) is 1.46. The topological polar surface area (TPSA) is 111 Å². The number of anilines is 1. The van der Waals surface area contributed by atoms with Gasteiger partial charge in [-0.25, -0.2) is 4.98 Å². The largest absolute Gasteiger partial charge is 0.480 e. The number of piperidine rings is 1. The summed E-state index contributed by atoms with van der Waals surface area (Å²) in [5.41, 5.74) is 1.30. The van der Waals surface area contributed by atoms with Crippen molar-refractivity contribution in [1.29, 1.82) is 5.26 Å². The molecule has 2 N–H and O–H groups in total. The van der Waals surface area contributed by atoms with Gasteiger partial charge in [-0.2, -0.15) is 5.26 Å². The number of hydrogen-bond acceptors (Lipinski definition) is 7. The van der Waals surface area contributed by atoms with Crippen molar-refractivity contribution in [2.24, 2.45) is 0 Å². The van der Waals surface area contributed by atoms with Crippen molar-refractivity contribution >= 4 is 11.6 Å². The van der Waals surface area contributed by atoms with Gasteiger partial charge in [-0.1, -0.05) is 6.07 Å². The third kappa shape index (κ3) is 3.58. The highest BCUT2D eigenvalue weighted by molar-refractivity contribution is 5.92. The van der Waals surface area contributed by atoms with E-state index in [1.54, 1.807) is 36.7 Å². The van der Waals surface area contributed by atoms with E-state index < -0.39 is 6.10 Å². The molecule has 2 aromatic heterocycles. The molecule has 1 aliphatic rings. The number of β-amino-alcohol motifs (C(OH)–C–C–N with tert-alkyl or cyclic N) is 1. The number of rotatable bonds is 4. The second-order valence-corrected chi connectivity index (χ2v) is 5.92. The summed E-state index contributed by atoms with van der Waals surface area (Å²) in [6, 6.07) is 8.54. The van der Waals surface area contributed by atoms with E-state index >= 15 is 0 Å². The number of nitrogens with zero attached hydrogens (tertiary/aromatic N) is 4. The van der Waals surface area contributed by atoms with Crippen LogP contribution in [-0.2, 0) is 0 Å². The van der Waals surface area contributed by atoms with Crippen LogP contribution < -0.4 is 15.0 Å². The van der Waals surface area contributed by atoms with E-state index in [9.17, 15) is 15.2 Å². The van der Waals surface area contributed by atoms with Crippen LogP contribution in [0.15, 0.2) is 36.7 Å². The summed E-state index contributed by atoms with van der Waals surface area (Å²) < 4.78 is 5.13. The van der Waals surface area contributed by atoms with Crippen LogP contribution in [-0.4, -0.2) is 53.3 Å². The molecule has 0 aromatic carbocycles. The number of carbonyl (C=O) groups excluding carboxylic acids is 1. The van der Waals surface area contributed by atoms with Crippen molar-refractivity contribution in [2.75, 3.05) is 25.1 Å². The van der Waals surface area contributed by atoms with Crippen LogP contribution in [0.25, 0.3) is 0 Å². The first-order valence-electron chi connectivity index (χ1n) is 8.22. The fraction of sp³-hybridized carbons (Fsp3) is 0.333. The first kappa shape index (κ1) is 17.6. The second-order valence-electron chi connectivity index (χ2n) is 5.92. The monoisotopic (exact) mass is 353 g/mol. The summed E-state index contributed by atoms with van der Waals surface area (Å²) in [5, 5.41) is 22.7. The predicted octanol–water partition coefficient (Wildman–Crippen LogP) is 0.726. The van der Waals surface area contributed by atoms with Crippen LogP contribution in [0.3, 0.4) is 0 Å². The van der Waals surface area contributed by atoms with Crippen LogP contribution >= 0.6 is 0 Å². The molecule has 134 valence electrons. The van der Waals surface area contributed by atoms with E-state index in [1.807, 2.05) is 4.90 Å². The average Bonchev–Trinajstić information content (AvgIpc) is 2.69. The zero-order valence-electron chi connectivity index (χ0n) is 14.3. The molecule has 2 aromatic rings. The normalized spacial score (nSPS) is 19.5. The molecule has 0 unspecified atom stereocenters. The Morgan fingerprint density at radius 3 is 2.88 bits per heavy atom. The predicted molar refractivity (Wildman–Crippen MR) is 93.8 cm³/mol. The molecular weight excluding hydrogens is 334 g/mol. The first-order valence-corrected chi connectivity index (χ1v) is 8.22. The lowest BCUT2D eigenvalue weighted by atomic mass is 10.00. The maximum Gasteiger partial charge on any atom is 0.270 e. The van der Waals surface area contributed by atoms with Gasteiger partial charge in [0.1, 0.15) is 17.3 Å². The van der Waals surface area contributed by atoms with E-state index in [0.29, 0.717) is 29.9 Å². The summed E-state index contributed by atoms with van der Waals surface area (Å²) >= 11 is 0. The molecule has 0 saturated carbocycles. The van der Waals surface area contributed by atoms with Crippen molar-refractivity contribution < 1.29 is 14.6 Å². The highest BCUT2D eigenvalue weighted by Gasteiger charge is 2.31. The van der Waals surface area contributed by atoms with Crippen LogP contribution in [0, 0.1) is 11.3 Å². The Labute approximate surface area is 151 Å². The molecule has 0 spiro atoms. The Balaban J connectivity index is 1.70. The van der Waals surface area contributed by atoms with E-state index in [0.717, 1.165) is 0 Å². The zero-order chi connectivity index (χ0) is 18.5. The maximum atomic E-state index is 12.2. The van der Waals surface area contributed by atoms with E-state index in [-0.39, 0.29) is 24.4 Å². The van der Waals surface area contributed by atoms with Gasteiger partial charge in [-0.3, -0.25) is 9.78 Å². The van der Waals surface area contributed by atoms with Crippen molar-refractivity contribution in [3.8, 4) is 11.9 Å². The highest BCUT2D eigenvalue weighted by atomic mass is 16.5. The lowest BCUT2D eigenvalue weighted by Gasteiger charge is -2.37. The molecule has 3 rings (SSSR count). The van der Waals surface area contributed by atoms with Crippen molar-refractivity contribution in [1.82, 2.24) is 15.3 Å². The van der Waals surface area contributed by atoms with Gasteiger partial charge in [-0.05, 0) is 24.6 Å². The van der Waals surface area contributed by atoms with Gasteiger partial charge in [-0.15, -0.1) is 0 Å². The Morgan fingerprint density at radius 2 is 2.23 bits per heavy atom. The van der Waals surface area contributed by atoms with Crippen LogP contribution in [0.2, 0.25) is 0 Å². The summed E-state index contributed by atoms with van der Waals surface area (Å²) in [4.78, 5) is 22.2. The molecular formula is C18H19N5O3. The smallest absolute Gasteiger partial charge is 0.270 e. The Kier molecular flexibility index (Phi) is 5.29. The quantitative estimate of drug-likeness (QED) is 0.833. The number of aliphatic hydroxyl groups is 1. The zero-order valence-corrected chi connectivity index (χ0v) is 14.3. The lowest BCUT2D eigenvalue weighted by Crippen LogP contribution is -2.54. The maximum absolute atomic E-state index is 12.2. The van der Waals surface area contributed by atoms with Gasteiger partial charge in [0.2, 0.25) is 5.88 Å². The number of hydrogen-bond donors (Lipinski definition) is 2. The fourth-order valence-corrected chi connectivity index (χ4v) is 3.01. The molecule has 1 amide bonds. The van der Waals surface area contributed by atoms with Crippen LogP contribution in [0.5, 0.6) is 5.88 Å². The number of aromatic nitrogens is 2. The number of nitrogens with one attached hydrogen (secondary N) is 1. The standard InChI is InChI=1S/C18H19N5O3/c1-26-18-12(10-19)15(5-8-21-18)23-9-6-13(16(24)11-23)22-17(25)14-4-2-3-7-20-14/h2-5,7-8,13,16,24H,6,9,11H2,1H3,(H,22,25)/t13-,16-/m0/s1. The van der Waals surface area contributed by atoms with Crippen molar-refractivity contribution in [3.05, 3.63) is 47.9 Å². The number of aliphatic hydroxyl groups excluding tert-OH is 1. The summed E-state index contributed by atoms with van der Waals surface area (Å²) in [5.74, 6) is -0.0588. The van der Waals surface area contributed by atoms with Crippen LogP contribution in [0.4, 0.5) is 5.69 Å². The van der Waals surface area contributed by atoms with Gasteiger partial charge in [0.25, 0.3) is 5.91 Å². The number of nitriles is 1. The van der Waals surface area contributed by atoms with Gasteiger partial charge >= 0.3 is 0 Å². The molecule has 1 fully saturated rings. The average molecular weight is 353 g/mol. The summed E-state index contributed by atoms with van der Waals surface area (Å²) in [6.45, 7) is 0.862. The second kappa shape index (κ2) is 7.80. The number of carbonyl (C=O) groups is 1. The van der Waals surface area contributed by atoms with Gasteiger partial charge in [0.05, 0.1) is 24.9 Å². The molecule has 26 heavy (non-hydrogen) atoms. The molecule has 0 radical (unpaired) electrons. The minimum Gasteiger partial charge on any atom is -0.480 e. The molecule has 3 heterocycles. The van der Waals surface area contributed by atoms with E-state index in [2.05, 4.69) is 21.4 Å². The van der Waals surface area contributed by atoms with Crippen LogP contribution in [0.1, 0.15) is 22.5 Å². The third-order valence-electron chi connectivity index (χ3n) is 4.34.